The molecule has 0 atom stereocenters. The van der Waals surface area contributed by atoms with Crippen LogP contribution in [0.25, 0.3) is 0 Å². The number of aryl methyl sites for hydroxylation is 2. The van der Waals surface area contributed by atoms with Gasteiger partial charge in [-0.3, -0.25) is 4.79 Å². The molecule has 0 aliphatic rings. The highest BCUT2D eigenvalue weighted by Crippen LogP contribution is 2.18. The summed E-state index contributed by atoms with van der Waals surface area (Å²) < 4.78 is 50.6. The predicted octanol–water partition coefficient (Wildman–Crippen LogP) is 1.90. The molecular weight excluding hydrogens is 412 g/mol. The van der Waals surface area contributed by atoms with Crippen molar-refractivity contribution in [3.8, 4) is 0 Å². The second-order valence-corrected chi connectivity index (χ2v) is 11.0. The number of hydrogen-bond acceptors (Lipinski definition) is 5. The minimum absolute atomic E-state index is 0.103. The molecule has 2 rings (SSSR count). The number of sulfonamides is 1. The maximum atomic E-state index is 12.6. The Morgan fingerprint density at radius 3 is 2.21 bits per heavy atom. The Morgan fingerprint density at radius 1 is 0.931 bits per heavy atom. The number of nitrogens with zero attached hydrogens (tertiary/aromatic N) is 1. The maximum absolute atomic E-state index is 12.6. The van der Waals surface area contributed by atoms with Crippen molar-refractivity contribution in [1.29, 1.82) is 0 Å². The molecule has 1 amide bonds. The molecule has 9 heteroatoms. The van der Waals surface area contributed by atoms with Crippen molar-refractivity contribution in [3.05, 3.63) is 59.7 Å². The van der Waals surface area contributed by atoms with Gasteiger partial charge in [0.15, 0.2) is 9.84 Å². The van der Waals surface area contributed by atoms with E-state index in [1.807, 2.05) is 13.8 Å². The summed E-state index contributed by atoms with van der Waals surface area (Å²) in [6.45, 7) is 3.51. The lowest BCUT2D eigenvalue weighted by molar-refractivity contribution is -0.121. The molecule has 0 aromatic heterocycles. The van der Waals surface area contributed by atoms with E-state index in [2.05, 4.69) is 5.32 Å². The molecule has 0 saturated heterocycles. The van der Waals surface area contributed by atoms with Crippen LogP contribution in [0.15, 0.2) is 58.3 Å². The van der Waals surface area contributed by atoms with Crippen LogP contribution in [0, 0.1) is 13.8 Å². The van der Waals surface area contributed by atoms with Gasteiger partial charge in [0.1, 0.15) is 0 Å². The van der Waals surface area contributed by atoms with Crippen LogP contribution in [0.2, 0.25) is 0 Å². The molecular formula is C20H26N2O5S2. The number of benzene rings is 2. The fourth-order valence-corrected chi connectivity index (χ4v) is 5.18. The number of sulfone groups is 1. The van der Waals surface area contributed by atoms with Gasteiger partial charge in [0.2, 0.25) is 15.9 Å². The molecule has 0 unspecified atom stereocenters. The maximum Gasteiger partial charge on any atom is 0.243 e. The monoisotopic (exact) mass is 438 g/mol. The van der Waals surface area contributed by atoms with E-state index < -0.39 is 25.8 Å². The van der Waals surface area contributed by atoms with Crippen LogP contribution in [-0.4, -0.2) is 52.9 Å². The second kappa shape index (κ2) is 9.51. The van der Waals surface area contributed by atoms with Crippen molar-refractivity contribution >= 4 is 25.8 Å². The number of carbonyl (C=O) groups is 1. The van der Waals surface area contributed by atoms with Gasteiger partial charge in [-0.15, -0.1) is 0 Å². The predicted molar refractivity (Wildman–Crippen MR) is 112 cm³/mol. The van der Waals surface area contributed by atoms with Gasteiger partial charge in [0.05, 0.1) is 22.1 Å². The summed E-state index contributed by atoms with van der Waals surface area (Å²) >= 11 is 0. The topological polar surface area (TPSA) is 101 Å². The molecule has 1 N–H and O–H groups in total. The van der Waals surface area contributed by atoms with Crippen LogP contribution in [-0.2, 0) is 24.7 Å². The van der Waals surface area contributed by atoms with Crippen LogP contribution in [0.1, 0.15) is 17.5 Å². The van der Waals surface area contributed by atoms with Gasteiger partial charge in [0.25, 0.3) is 0 Å². The number of nitrogens with one attached hydrogen (secondary N) is 1. The van der Waals surface area contributed by atoms with Gasteiger partial charge in [-0.1, -0.05) is 24.3 Å². The average molecular weight is 439 g/mol. The van der Waals surface area contributed by atoms with Gasteiger partial charge in [-0.25, -0.2) is 16.8 Å². The van der Waals surface area contributed by atoms with Gasteiger partial charge >= 0.3 is 0 Å². The average Bonchev–Trinajstić information content (AvgIpc) is 2.68. The van der Waals surface area contributed by atoms with Gasteiger partial charge in [-0.05, 0) is 55.7 Å². The summed E-state index contributed by atoms with van der Waals surface area (Å²) in [4.78, 5) is 12.5. The molecule has 0 radical (unpaired) electrons. The first kappa shape index (κ1) is 23.1. The molecule has 0 bridgehead atoms. The first-order chi connectivity index (χ1) is 13.5. The zero-order chi connectivity index (χ0) is 21.7. The molecule has 2 aromatic rings. The quantitative estimate of drug-likeness (QED) is 0.603. The zero-order valence-electron chi connectivity index (χ0n) is 16.8. The summed E-state index contributed by atoms with van der Waals surface area (Å²) in [5.74, 6) is -0.592. The number of likely N-dealkylation sites (N-methyl/N-ethyl adjacent to an activating group) is 1. The third kappa shape index (κ3) is 6.12. The number of rotatable bonds is 9. The Hall–Kier alpha value is -2.23. The van der Waals surface area contributed by atoms with Crippen molar-refractivity contribution < 1.29 is 21.6 Å². The lowest BCUT2D eigenvalue weighted by Crippen LogP contribution is -2.39. The van der Waals surface area contributed by atoms with Crippen LogP contribution >= 0.6 is 0 Å². The molecule has 0 saturated carbocycles. The molecule has 0 aliphatic heterocycles. The van der Waals surface area contributed by atoms with Gasteiger partial charge in [-0.2, -0.15) is 4.31 Å². The van der Waals surface area contributed by atoms with Gasteiger partial charge in [0, 0.05) is 13.6 Å². The third-order valence-corrected chi connectivity index (χ3v) is 8.18. The summed E-state index contributed by atoms with van der Waals surface area (Å²) in [6, 6.07) is 12.9. The Morgan fingerprint density at radius 2 is 1.59 bits per heavy atom. The minimum Gasteiger partial charge on any atom is -0.355 e. The molecule has 29 heavy (non-hydrogen) atoms. The Balaban J connectivity index is 1.86. The Bertz CT molecular complexity index is 1070. The summed E-state index contributed by atoms with van der Waals surface area (Å²) in [6.07, 6.45) is 0.233. The highest BCUT2D eigenvalue weighted by Gasteiger charge is 2.23. The number of amides is 1. The fraction of sp³-hybridized carbons (Fsp3) is 0.350. The van der Waals surface area contributed by atoms with Crippen LogP contribution < -0.4 is 5.32 Å². The Kier molecular flexibility index (Phi) is 7.56. The van der Waals surface area contributed by atoms with E-state index in [1.165, 1.54) is 25.2 Å². The van der Waals surface area contributed by atoms with E-state index in [9.17, 15) is 21.6 Å². The second-order valence-electron chi connectivity index (χ2n) is 6.84. The molecule has 0 aliphatic carbocycles. The smallest absolute Gasteiger partial charge is 0.243 e. The third-order valence-electron chi connectivity index (χ3n) is 4.57. The molecule has 0 fully saturated rings. The highest BCUT2D eigenvalue weighted by molar-refractivity contribution is 7.91. The summed E-state index contributed by atoms with van der Waals surface area (Å²) in [5.41, 5.74) is 1.83. The molecule has 7 nitrogen and oxygen atoms in total. The van der Waals surface area contributed by atoms with E-state index in [-0.39, 0.29) is 35.1 Å². The summed E-state index contributed by atoms with van der Waals surface area (Å²) in [5, 5.41) is 2.57. The van der Waals surface area contributed by atoms with Crippen LogP contribution in [0.4, 0.5) is 0 Å². The SMILES string of the molecule is Cc1ccc(S(=O)(=O)N(C)CC(=O)NCCCS(=O)(=O)c2ccccc2)cc1C. The number of hydrogen-bond donors (Lipinski definition) is 1. The first-order valence-corrected chi connectivity index (χ1v) is 12.2. The van der Waals surface area contributed by atoms with E-state index in [0.717, 1.165) is 15.4 Å². The van der Waals surface area contributed by atoms with E-state index in [1.54, 1.807) is 30.3 Å². The molecule has 0 spiro atoms. The minimum atomic E-state index is -3.79. The number of carbonyl (C=O) groups excluding carboxylic acids is 1. The van der Waals surface area contributed by atoms with Crippen LogP contribution in [0.3, 0.4) is 0 Å². The molecule has 2 aromatic carbocycles. The molecule has 0 heterocycles. The summed E-state index contributed by atoms with van der Waals surface area (Å²) in [7, 11) is -5.86. The first-order valence-electron chi connectivity index (χ1n) is 9.12. The van der Waals surface area contributed by atoms with Crippen molar-refractivity contribution in [3.63, 3.8) is 0 Å². The fourth-order valence-electron chi connectivity index (χ4n) is 2.63. The van der Waals surface area contributed by atoms with Crippen molar-refractivity contribution in [2.75, 3.05) is 25.9 Å². The van der Waals surface area contributed by atoms with E-state index >= 15 is 0 Å². The van der Waals surface area contributed by atoms with Crippen molar-refractivity contribution in [2.45, 2.75) is 30.1 Å². The molecule has 158 valence electrons. The van der Waals surface area contributed by atoms with E-state index in [4.69, 9.17) is 0 Å². The standard InChI is InChI=1S/C20H26N2O5S2/c1-16-10-11-19(14-17(16)2)29(26,27)22(3)15-20(23)21-12-7-13-28(24,25)18-8-5-4-6-9-18/h4-6,8-11,14H,7,12-13,15H2,1-3H3,(H,21,23). The van der Waals surface area contributed by atoms with Crippen LogP contribution in [0.5, 0.6) is 0 Å². The Labute approximate surface area is 172 Å². The van der Waals surface area contributed by atoms with Crippen molar-refractivity contribution in [1.82, 2.24) is 9.62 Å². The lowest BCUT2D eigenvalue weighted by Gasteiger charge is -2.17. The van der Waals surface area contributed by atoms with Gasteiger partial charge < -0.3 is 5.32 Å². The van der Waals surface area contributed by atoms with Crippen molar-refractivity contribution in [2.24, 2.45) is 0 Å². The largest absolute Gasteiger partial charge is 0.355 e. The van der Waals surface area contributed by atoms with E-state index in [0.29, 0.717) is 0 Å². The zero-order valence-corrected chi connectivity index (χ0v) is 18.4. The normalized spacial score (nSPS) is 12.1. The highest BCUT2D eigenvalue weighted by atomic mass is 32.2. The lowest BCUT2D eigenvalue weighted by atomic mass is 10.1.